The standard InChI is InChI=1S/C20H14N2O6S/c1-25-18(23)9-22-12-7-14-15(27-10-26-14)8-17(12)29-20(22)21-19(24)16-6-11-4-2-3-5-13(11)28-16/h2-8H,9-10H2,1H3. The minimum Gasteiger partial charge on any atom is -0.468 e. The first-order chi connectivity index (χ1) is 14.1. The molecule has 146 valence electrons. The maximum Gasteiger partial charge on any atom is 0.325 e. The molecule has 3 heterocycles. The predicted octanol–water partition coefficient (Wildman–Crippen LogP) is 3.09. The van der Waals surface area contributed by atoms with Crippen molar-refractivity contribution in [2.24, 2.45) is 4.99 Å². The van der Waals surface area contributed by atoms with Gasteiger partial charge in [0, 0.05) is 17.5 Å². The molecule has 0 saturated heterocycles. The van der Waals surface area contributed by atoms with Crippen LogP contribution >= 0.6 is 11.3 Å². The van der Waals surface area contributed by atoms with Crippen LogP contribution in [0.5, 0.6) is 11.5 Å². The van der Waals surface area contributed by atoms with Crippen LogP contribution in [0.15, 0.2) is 51.9 Å². The molecule has 1 aliphatic rings. The number of aromatic nitrogens is 1. The monoisotopic (exact) mass is 410 g/mol. The number of esters is 1. The zero-order valence-electron chi connectivity index (χ0n) is 15.2. The van der Waals surface area contributed by atoms with Crippen molar-refractivity contribution in [3.8, 4) is 11.5 Å². The molecular formula is C20H14N2O6S. The molecule has 0 radical (unpaired) electrons. The molecule has 0 saturated carbocycles. The van der Waals surface area contributed by atoms with Gasteiger partial charge in [-0.05, 0) is 12.1 Å². The van der Waals surface area contributed by atoms with Gasteiger partial charge in [-0.25, -0.2) is 0 Å². The van der Waals surface area contributed by atoms with Crippen molar-refractivity contribution in [3.63, 3.8) is 0 Å². The molecule has 0 spiro atoms. The number of amides is 1. The van der Waals surface area contributed by atoms with Gasteiger partial charge >= 0.3 is 11.9 Å². The van der Waals surface area contributed by atoms with E-state index in [1.54, 1.807) is 28.8 Å². The molecule has 2 aromatic heterocycles. The SMILES string of the molecule is COC(=O)Cn1c(=NC(=O)c2cc3ccccc3o2)sc2cc3c(cc21)OCO3. The summed E-state index contributed by atoms with van der Waals surface area (Å²) in [6, 6.07) is 12.6. The summed E-state index contributed by atoms with van der Waals surface area (Å²) in [5.41, 5.74) is 1.30. The van der Waals surface area contributed by atoms with E-state index in [0.29, 0.717) is 27.4 Å². The molecule has 0 unspecified atom stereocenters. The Morgan fingerprint density at radius 1 is 1.17 bits per heavy atom. The Labute approximate surface area is 167 Å². The Hall–Kier alpha value is -3.59. The Kier molecular flexibility index (Phi) is 4.09. The number of para-hydroxylation sites is 1. The number of rotatable bonds is 3. The molecule has 0 bridgehead atoms. The van der Waals surface area contributed by atoms with Crippen LogP contribution < -0.4 is 14.3 Å². The first kappa shape index (κ1) is 17.5. The second kappa shape index (κ2) is 6.78. The third-order valence-electron chi connectivity index (χ3n) is 4.53. The molecule has 0 fully saturated rings. The zero-order valence-corrected chi connectivity index (χ0v) is 16.0. The number of hydrogen-bond donors (Lipinski definition) is 0. The first-order valence-electron chi connectivity index (χ1n) is 8.70. The summed E-state index contributed by atoms with van der Waals surface area (Å²) in [5.74, 6) is 0.317. The van der Waals surface area contributed by atoms with Crippen molar-refractivity contribution in [1.82, 2.24) is 4.57 Å². The molecule has 0 aliphatic carbocycles. The molecule has 29 heavy (non-hydrogen) atoms. The third-order valence-corrected chi connectivity index (χ3v) is 5.57. The molecule has 5 rings (SSSR count). The number of fused-ring (bicyclic) bond motifs is 3. The number of benzene rings is 2. The van der Waals surface area contributed by atoms with E-state index < -0.39 is 11.9 Å². The first-order valence-corrected chi connectivity index (χ1v) is 9.51. The lowest BCUT2D eigenvalue weighted by molar-refractivity contribution is -0.141. The lowest BCUT2D eigenvalue weighted by Crippen LogP contribution is -2.22. The predicted molar refractivity (Wildman–Crippen MR) is 104 cm³/mol. The average molecular weight is 410 g/mol. The van der Waals surface area contributed by atoms with Crippen LogP contribution in [0.2, 0.25) is 0 Å². The van der Waals surface area contributed by atoms with Crippen LogP contribution in [-0.4, -0.2) is 30.3 Å². The highest BCUT2D eigenvalue weighted by atomic mass is 32.1. The molecule has 0 atom stereocenters. The minimum atomic E-state index is -0.536. The lowest BCUT2D eigenvalue weighted by Gasteiger charge is -2.04. The third kappa shape index (κ3) is 3.05. The van der Waals surface area contributed by atoms with E-state index >= 15 is 0 Å². The quantitative estimate of drug-likeness (QED) is 0.482. The van der Waals surface area contributed by atoms with E-state index in [9.17, 15) is 9.59 Å². The maximum absolute atomic E-state index is 12.7. The summed E-state index contributed by atoms with van der Waals surface area (Å²) in [4.78, 5) is 29.2. The molecule has 9 heteroatoms. The number of thiazole rings is 1. The van der Waals surface area contributed by atoms with Gasteiger partial charge in [0.1, 0.15) is 12.1 Å². The van der Waals surface area contributed by atoms with E-state index in [0.717, 1.165) is 10.1 Å². The number of ether oxygens (including phenoxy) is 3. The lowest BCUT2D eigenvalue weighted by atomic mass is 10.2. The Balaban J connectivity index is 1.65. The van der Waals surface area contributed by atoms with Gasteiger partial charge in [-0.15, -0.1) is 0 Å². The van der Waals surface area contributed by atoms with Gasteiger partial charge in [-0.3, -0.25) is 9.59 Å². The van der Waals surface area contributed by atoms with E-state index in [-0.39, 0.29) is 19.1 Å². The van der Waals surface area contributed by atoms with Crippen LogP contribution in [0.4, 0.5) is 0 Å². The second-order valence-electron chi connectivity index (χ2n) is 6.29. The van der Waals surface area contributed by atoms with Crippen molar-refractivity contribution in [1.29, 1.82) is 0 Å². The highest BCUT2D eigenvalue weighted by Crippen LogP contribution is 2.37. The van der Waals surface area contributed by atoms with Gasteiger partial charge in [0.15, 0.2) is 22.1 Å². The number of carbonyl (C=O) groups is 2. The summed E-state index contributed by atoms with van der Waals surface area (Å²) in [6.45, 7) is 0.0494. The molecule has 1 aliphatic heterocycles. The van der Waals surface area contributed by atoms with Crippen LogP contribution in [-0.2, 0) is 16.1 Å². The van der Waals surface area contributed by atoms with E-state index in [4.69, 9.17) is 18.6 Å². The van der Waals surface area contributed by atoms with Crippen LogP contribution in [0.25, 0.3) is 21.2 Å². The van der Waals surface area contributed by atoms with Crippen LogP contribution in [0, 0.1) is 0 Å². The van der Waals surface area contributed by atoms with Crippen molar-refractivity contribution in [2.75, 3.05) is 13.9 Å². The summed E-state index contributed by atoms with van der Waals surface area (Å²) < 4.78 is 23.7. The Morgan fingerprint density at radius 2 is 1.97 bits per heavy atom. The molecule has 1 amide bonds. The highest BCUT2D eigenvalue weighted by molar-refractivity contribution is 7.16. The van der Waals surface area contributed by atoms with E-state index in [1.165, 1.54) is 18.4 Å². The maximum atomic E-state index is 12.7. The van der Waals surface area contributed by atoms with Gasteiger partial charge < -0.3 is 23.2 Å². The molecule has 0 N–H and O–H groups in total. The number of furan rings is 1. The fourth-order valence-corrected chi connectivity index (χ4v) is 4.16. The second-order valence-corrected chi connectivity index (χ2v) is 7.29. The largest absolute Gasteiger partial charge is 0.468 e. The summed E-state index contributed by atoms with van der Waals surface area (Å²) in [7, 11) is 1.31. The summed E-state index contributed by atoms with van der Waals surface area (Å²) in [6.07, 6.45) is 0. The average Bonchev–Trinajstić information content (AvgIpc) is 3.43. The van der Waals surface area contributed by atoms with Crippen molar-refractivity contribution < 1.29 is 28.2 Å². The van der Waals surface area contributed by atoms with Gasteiger partial charge in [-0.2, -0.15) is 4.99 Å². The highest BCUT2D eigenvalue weighted by Gasteiger charge is 2.20. The Morgan fingerprint density at radius 3 is 2.76 bits per heavy atom. The topological polar surface area (TPSA) is 92.3 Å². The molecule has 8 nitrogen and oxygen atoms in total. The Bertz CT molecular complexity index is 1310. The van der Waals surface area contributed by atoms with Crippen molar-refractivity contribution in [3.05, 3.63) is 53.0 Å². The molecule has 4 aromatic rings. The van der Waals surface area contributed by atoms with E-state index in [1.807, 2.05) is 18.2 Å². The fraction of sp³-hybridized carbons (Fsp3) is 0.150. The van der Waals surface area contributed by atoms with Crippen molar-refractivity contribution in [2.45, 2.75) is 6.54 Å². The van der Waals surface area contributed by atoms with Gasteiger partial charge in [0.25, 0.3) is 0 Å². The molecular weight excluding hydrogens is 396 g/mol. The number of methoxy groups -OCH3 is 1. The van der Waals surface area contributed by atoms with E-state index in [2.05, 4.69) is 4.99 Å². The number of nitrogens with zero attached hydrogens (tertiary/aromatic N) is 2. The summed E-state index contributed by atoms with van der Waals surface area (Å²) in [5, 5.41) is 0.815. The fourth-order valence-electron chi connectivity index (χ4n) is 3.12. The zero-order chi connectivity index (χ0) is 20.0. The number of carbonyl (C=O) groups excluding carboxylic acids is 2. The van der Waals surface area contributed by atoms with Crippen molar-refractivity contribution >= 4 is 44.4 Å². The van der Waals surface area contributed by atoms with Crippen LogP contribution in [0.1, 0.15) is 10.6 Å². The van der Waals surface area contributed by atoms with Gasteiger partial charge in [0.05, 0.1) is 17.3 Å². The normalized spacial score (nSPS) is 13.3. The minimum absolute atomic E-state index is 0.0949. The van der Waals surface area contributed by atoms with Crippen LogP contribution in [0.3, 0.4) is 0 Å². The van der Waals surface area contributed by atoms with Gasteiger partial charge in [0.2, 0.25) is 6.79 Å². The molecule has 2 aromatic carbocycles. The summed E-state index contributed by atoms with van der Waals surface area (Å²) >= 11 is 1.26. The smallest absolute Gasteiger partial charge is 0.325 e. The number of hydrogen-bond acceptors (Lipinski definition) is 7. The van der Waals surface area contributed by atoms with Gasteiger partial charge in [-0.1, -0.05) is 29.5 Å².